The average Bonchev–Trinajstić information content (AvgIpc) is 3.46. The first-order valence-electron chi connectivity index (χ1n) is 19.3. The molecule has 2 fully saturated rings. The molecule has 298 valence electrons. The number of rotatable bonds is 13. The molecule has 7 rings (SSSR count). The molecular weight excluding hydrogens is 731 g/mol. The number of amides is 5. The number of imide groups is 2. The largest absolute Gasteiger partial charge is 0.496 e. The molecule has 1 unspecified atom stereocenters. The van der Waals surface area contributed by atoms with Gasteiger partial charge >= 0.3 is 0 Å². The first-order valence-corrected chi connectivity index (χ1v) is 19.3. The number of nitrogens with one attached hydrogen (secondary N) is 2. The molecule has 15 nitrogen and oxygen atoms in total. The van der Waals surface area contributed by atoms with Crippen molar-refractivity contribution in [2.75, 3.05) is 45.8 Å². The Bertz CT molecular complexity index is 2290. The Hall–Kier alpha value is -6.09. The number of anilines is 1. The van der Waals surface area contributed by atoms with Crippen molar-refractivity contribution in [3.63, 3.8) is 0 Å². The number of unbranched alkanes of at least 4 members (excludes halogenated alkanes) is 1. The number of benzene rings is 2. The lowest BCUT2D eigenvalue weighted by molar-refractivity contribution is -0.136. The zero-order valence-electron chi connectivity index (χ0n) is 32.6. The lowest BCUT2D eigenvalue weighted by Crippen LogP contribution is -2.54. The number of ether oxygens (including phenoxy) is 2. The molecule has 3 aliphatic rings. The molecule has 0 aliphatic carbocycles. The van der Waals surface area contributed by atoms with Crippen LogP contribution in [0.15, 0.2) is 59.8 Å². The van der Waals surface area contributed by atoms with Gasteiger partial charge in [-0.15, -0.1) is 0 Å². The number of hydrogen-bond donors (Lipinski definition) is 2. The van der Waals surface area contributed by atoms with Gasteiger partial charge in [0.1, 0.15) is 17.5 Å². The highest BCUT2D eigenvalue weighted by molar-refractivity contribution is 6.23. The molecule has 2 saturated heterocycles. The Kier molecular flexibility index (Phi) is 11.4. The first-order chi connectivity index (χ1) is 27.5. The minimum absolute atomic E-state index is 0.0165. The Labute approximate surface area is 329 Å². The normalized spacial score (nSPS) is 17.2. The van der Waals surface area contributed by atoms with Crippen molar-refractivity contribution in [3.8, 4) is 22.6 Å². The lowest BCUT2D eigenvalue weighted by Gasteiger charge is -2.34. The van der Waals surface area contributed by atoms with Gasteiger partial charge in [-0.25, -0.2) is 0 Å². The molecule has 2 N–H and O–H groups in total. The van der Waals surface area contributed by atoms with Gasteiger partial charge < -0.3 is 29.2 Å². The maximum atomic E-state index is 13.3. The van der Waals surface area contributed by atoms with Gasteiger partial charge in [-0.2, -0.15) is 0 Å². The quantitative estimate of drug-likeness (QED) is 0.151. The number of pyridine rings is 2. The minimum Gasteiger partial charge on any atom is -0.496 e. The van der Waals surface area contributed by atoms with Gasteiger partial charge in [-0.3, -0.25) is 44.0 Å². The molecule has 3 aliphatic heterocycles. The third-order valence-corrected chi connectivity index (χ3v) is 11.3. The summed E-state index contributed by atoms with van der Waals surface area (Å²) in [6, 6.07) is 10.2. The van der Waals surface area contributed by atoms with E-state index in [0.717, 1.165) is 78.0 Å². The fourth-order valence-electron chi connectivity index (χ4n) is 8.06. The molecule has 0 spiro atoms. The Morgan fingerprint density at radius 2 is 1.63 bits per heavy atom. The summed E-state index contributed by atoms with van der Waals surface area (Å²) in [5, 5.41) is 7.15. The summed E-state index contributed by atoms with van der Waals surface area (Å²) in [6.07, 6.45) is 8.98. The molecule has 57 heavy (non-hydrogen) atoms. The maximum Gasteiger partial charge on any atom is 0.262 e. The van der Waals surface area contributed by atoms with Crippen molar-refractivity contribution >= 4 is 46.0 Å². The third kappa shape index (κ3) is 7.84. The van der Waals surface area contributed by atoms with E-state index in [1.165, 1.54) is 4.57 Å². The number of aryl methyl sites for hydroxylation is 1. The van der Waals surface area contributed by atoms with Gasteiger partial charge in [0.2, 0.25) is 17.7 Å². The number of carbonyl (C=O) groups is 5. The van der Waals surface area contributed by atoms with Crippen LogP contribution in [-0.4, -0.2) is 102 Å². The predicted molar refractivity (Wildman–Crippen MR) is 212 cm³/mol. The summed E-state index contributed by atoms with van der Waals surface area (Å²) < 4.78 is 13.1. The van der Waals surface area contributed by atoms with Gasteiger partial charge in [-0.05, 0) is 86.0 Å². The second kappa shape index (κ2) is 16.6. The topological polar surface area (TPSA) is 172 Å². The van der Waals surface area contributed by atoms with Crippen LogP contribution in [0.5, 0.6) is 11.5 Å². The fourth-order valence-corrected chi connectivity index (χ4v) is 8.06. The van der Waals surface area contributed by atoms with Gasteiger partial charge in [0.15, 0.2) is 0 Å². The van der Waals surface area contributed by atoms with Crippen molar-refractivity contribution < 1.29 is 33.4 Å². The molecule has 0 saturated carbocycles. The zero-order valence-corrected chi connectivity index (χ0v) is 32.6. The molecule has 1 atom stereocenters. The molecular formula is C42H47N7O8. The van der Waals surface area contributed by atoms with Crippen LogP contribution in [0.2, 0.25) is 0 Å². The number of piperidine rings is 2. The van der Waals surface area contributed by atoms with Crippen LogP contribution in [-0.2, 0) is 28.0 Å². The summed E-state index contributed by atoms with van der Waals surface area (Å²) in [6.45, 7) is 2.62. The molecule has 5 amide bonds. The Morgan fingerprint density at radius 1 is 0.912 bits per heavy atom. The third-order valence-electron chi connectivity index (χ3n) is 11.3. The highest BCUT2D eigenvalue weighted by atomic mass is 16.5. The predicted octanol–water partition coefficient (Wildman–Crippen LogP) is 3.41. The van der Waals surface area contributed by atoms with Crippen LogP contribution < -0.4 is 30.6 Å². The zero-order chi connectivity index (χ0) is 40.4. The molecule has 5 heterocycles. The van der Waals surface area contributed by atoms with Crippen molar-refractivity contribution in [2.24, 2.45) is 7.05 Å². The van der Waals surface area contributed by atoms with Crippen LogP contribution in [0.25, 0.3) is 21.9 Å². The SMILES string of the molecule is COc1cc(-c2cn(C)c(=O)c3cnccc23)cc(OC)c1CN(C)C(=O)CCCCNC1CCN(c2ccc3c(c2)C(=O)N(C2CCC(=O)NC2=O)C3=O)CC1. The minimum atomic E-state index is -0.988. The monoisotopic (exact) mass is 777 g/mol. The molecule has 15 heteroatoms. The number of methoxy groups -OCH3 is 2. The fraction of sp³-hybridized carbons (Fsp3) is 0.405. The van der Waals surface area contributed by atoms with E-state index in [0.29, 0.717) is 35.9 Å². The number of fused-ring (bicyclic) bond motifs is 2. The second-order valence-electron chi connectivity index (χ2n) is 14.8. The smallest absolute Gasteiger partial charge is 0.262 e. The van der Waals surface area contributed by atoms with E-state index in [-0.39, 0.29) is 35.4 Å². The van der Waals surface area contributed by atoms with E-state index in [2.05, 4.69) is 20.5 Å². The number of aromatic nitrogens is 2. The van der Waals surface area contributed by atoms with Crippen LogP contribution in [0, 0.1) is 0 Å². The summed E-state index contributed by atoms with van der Waals surface area (Å²) in [4.78, 5) is 85.3. The maximum absolute atomic E-state index is 13.3. The van der Waals surface area contributed by atoms with Crippen LogP contribution in [0.4, 0.5) is 5.69 Å². The average molecular weight is 778 g/mol. The van der Waals surface area contributed by atoms with Crippen LogP contribution in [0.3, 0.4) is 0 Å². The number of hydrogen-bond acceptors (Lipinski definition) is 11. The lowest BCUT2D eigenvalue weighted by atomic mass is 9.99. The molecule has 2 aromatic carbocycles. The van der Waals surface area contributed by atoms with Crippen molar-refractivity contribution in [3.05, 3.63) is 82.0 Å². The molecule has 4 aromatic rings. The van der Waals surface area contributed by atoms with E-state index in [4.69, 9.17) is 9.47 Å². The molecule has 0 radical (unpaired) electrons. The van der Waals surface area contributed by atoms with E-state index in [1.54, 1.807) is 63.9 Å². The summed E-state index contributed by atoms with van der Waals surface area (Å²) >= 11 is 0. The van der Waals surface area contributed by atoms with Crippen LogP contribution in [0.1, 0.15) is 71.2 Å². The highest BCUT2D eigenvalue weighted by Gasteiger charge is 2.44. The van der Waals surface area contributed by atoms with Crippen molar-refractivity contribution in [1.82, 2.24) is 30.0 Å². The summed E-state index contributed by atoms with van der Waals surface area (Å²) in [5.74, 6) is -0.875. The highest BCUT2D eigenvalue weighted by Crippen LogP contribution is 2.38. The Balaban J connectivity index is 0.876. The Morgan fingerprint density at radius 3 is 2.33 bits per heavy atom. The number of carbonyl (C=O) groups excluding carboxylic acids is 5. The second-order valence-corrected chi connectivity index (χ2v) is 14.8. The van der Waals surface area contributed by atoms with E-state index in [1.807, 2.05) is 24.3 Å². The van der Waals surface area contributed by atoms with E-state index >= 15 is 0 Å². The van der Waals surface area contributed by atoms with Gasteiger partial charge in [0, 0.05) is 75.9 Å². The molecule has 2 aromatic heterocycles. The summed E-state index contributed by atoms with van der Waals surface area (Å²) in [7, 11) is 6.65. The number of nitrogens with zero attached hydrogens (tertiary/aromatic N) is 5. The van der Waals surface area contributed by atoms with E-state index in [9.17, 15) is 28.8 Å². The van der Waals surface area contributed by atoms with Gasteiger partial charge in [0.05, 0.1) is 42.8 Å². The van der Waals surface area contributed by atoms with E-state index < -0.39 is 29.7 Å². The van der Waals surface area contributed by atoms with Gasteiger partial charge in [0.25, 0.3) is 17.4 Å². The van der Waals surface area contributed by atoms with Gasteiger partial charge in [-0.1, -0.05) is 0 Å². The first kappa shape index (κ1) is 39.2. The van der Waals surface area contributed by atoms with Crippen molar-refractivity contribution in [2.45, 2.75) is 63.6 Å². The van der Waals surface area contributed by atoms with Crippen molar-refractivity contribution in [1.29, 1.82) is 0 Å². The molecule has 0 bridgehead atoms. The summed E-state index contributed by atoms with van der Waals surface area (Å²) in [5.41, 5.74) is 3.66. The van der Waals surface area contributed by atoms with Crippen LogP contribution >= 0.6 is 0 Å². The standard InChI is InChI=1S/C42H47N7O8/c1-46(24-33-35(56-3)19-25(20-36(33)57-4)32-23-47(2)40(53)31-22-43-16-12-28(31)32)38(51)7-5-6-15-44-26-13-17-48(18-14-26)27-8-9-29-30(21-27)42(55)49(41(29)54)34-10-11-37(50)45-39(34)52/h8-9,12,16,19-23,26,34,44H,5-7,10-11,13-15,17-18,24H2,1-4H3,(H,45,50,52).